The third-order valence-electron chi connectivity index (χ3n) is 2.89. The summed E-state index contributed by atoms with van der Waals surface area (Å²) in [6.45, 7) is 6.19. The Morgan fingerprint density at radius 1 is 1.24 bits per heavy atom. The van der Waals surface area contributed by atoms with E-state index in [0.29, 0.717) is 36.7 Å². The van der Waals surface area contributed by atoms with E-state index in [-0.39, 0.29) is 6.61 Å². The molecule has 0 spiro atoms. The highest BCUT2D eigenvalue weighted by Gasteiger charge is 2.24. The fourth-order valence-corrected chi connectivity index (χ4v) is 1.95. The summed E-state index contributed by atoms with van der Waals surface area (Å²) in [5.74, 6) is 0.539. The van der Waals surface area contributed by atoms with Gasteiger partial charge in [0.25, 0.3) is 0 Å². The van der Waals surface area contributed by atoms with Gasteiger partial charge in [0.15, 0.2) is 17.6 Å². The van der Waals surface area contributed by atoms with Crippen molar-refractivity contribution in [1.29, 1.82) is 0 Å². The number of carbonyl (C=O) groups excluding carboxylic acids is 1. The molecule has 0 aliphatic heterocycles. The van der Waals surface area contributed by atoms with Gasteiger partial charge < -0.3 is 19.3 Å². The van der Waals surface area contributed by atoms with Crippen LogP contribution in [-0.4, -0.2) is 30.4 Å². The Kier molecular flexibility index (Phi) is 7.61. The highest BCUT2D eigenvalue weighted by atomic mass is 16.6. The van der Waals surface area contributed by atoms with Crippen LogP contribution >= 0.6 is 0 Å². The highest BCUT2D eigenvalue weighted by Crippen LogP contribution is 2.33. The van der Waals surface area contributed by atoms with Gasteiger partial charge in [-0.2, -0.15) is 0 Å². The lowest BCUT2D eigenvalue weighted by molar-refractivity contribution is -0.151. The van der Waals surface area contributed by atoms with E-state index < -0.39 is 12.1 Å². The average Bonchev–Trinajstić information content (AvgIpc) is 2.48. The Morgan fingerprint density at radius 3 is 2.57 bits per heavy atom. The molecular weight excluding hydrogens is 272 g/mol. The van der Waals surface area contributed by atoms with Crippen molar-refractivity contribution in [3.05, 3.63) is 23.8 Å². The minimum atomic E-state index is -0.693. The molecule has 118 valence electrons. The van der Waals surface area contributed by atoms with Crippen LogP contribution in [0.5, 0.6) is 11.5 Å². The molecule has 0 aliphatic rings. The first-order chi connectivity index (χ1) is 10.2. The van der Waals surface area contributed by atoms with Gasteiger partial charge in [0.2, 0.25) is 0 Å². The van der Waals surface area contributed by atoms with Crippen LogP contribution in [0.1, 0.15) is 39.2 Å². The molecule has 0 bridgehead atoms. The van der Waals surface area contributed by atoms with Crippen molar-refractivity contribution in [3.63, 3.8) is 0 Å². The molecular formula is C16H24O5. The molecule has 5 nitrogen and oxygen atoms in total. The molecule has 0 fully saturated rings. The Labute approximate surface area is 125 Å². The summed E-state index contributed by atoms with van der Waals surface area (Å²) in [7, 11) is 0. The summed E-state index contributed by atoms with van der Waals surface area (Å²) in [5, 5.41) is 9.44. The molecule has 1 aromatic carbocycles. The number of para-hydroxylation sites is 1. The minimum Gasteiger partial charge on any atom is -0.490 e. The fourth-order valence-electron chi connectivity index (χ4n) is 1.95. The zero-order valence-electron chi connectivity index (χ0n) is 12.9. The number of ether oxygens (including phenoxy) is 3. The quantitative estimate of drug-likeness (QED) is 0.710. The van der Waals surface area contributed by atoms with Gasteiger partial charge in [-0.25, -0.2) is 4.79 Å². The number of aliphatic hydroxyl groups is 1. The summed E-state index contributed by atoms with van der Waals surface area (Å²) < 4.78 is 16.4. The van der Waals surface area contributed by atoms with Crippen molar-refractivity contribution < 1.29 is 24.1 Å². The van der Waals surface area contributed by atoms with Crippen molar-refractivity contribution >= 4 is 5.97 Å². The Balaban J connectivity index is 3.03. The second kappa shape index (κ2) is 9.23. The summed E-state index contributed by atoms with van der Waals surface area (Å²) >= 11 is 0. The lowest BCUT2D eigenvalue weighted by atomic mass is 10.1. The third kappa shape index (κ3) is 4.93. The first-order valence-corrected chi connectivity index (χ1v) is 7.36. The molecule has 1 N–H and O–H groups in total. The molecule has 0 aromatic heterocycles. The number of esters is 1. The van der Waals surface area contributed by atoms with Gasteiger partial charge in [-0.1, -0.05) is 25.5 Å². The first kappa shape index (κ1) is 17.3. The zero-order chi connectivity index (χ0) is 15.7. The van der Waals surface area contributed by atoms with Crippen LogP contribution < -0.4 is 9.47 Å². The van der Waals surface area contributed by atoms with E-state index in [1.807, 2.05) is 13.8 Å². The van der Waals surface area contributed by atoms with Gasteiger partial charge in [0.05, 0.1) is 19.8 Å². The second-order valence-electron chi connectivity index (χ2n) is 4.48. The summed E-state index contributed by atoms with van der Waals surface area (Å²) in [4.78, 5) is 12.0. The van der Waals surface area contributed by atoms with Crippen LogP contribution in [0.3, 0.4) is 0 Å². The molecule has 0 aliphatic carbocycles. The SMILES string of the molecule is CCCC(Oc1c(CO)cccc1OCC)C(=O)OCC. The monoisotopic (exact) mass is 296 g/mol. The van der Waals surface area contributed by atoms with E-state index in [1.165, 1.54) is 0 Å². The highest BCUT2D eigenvalue weighted by molar-refractivity contribution is 5.75. The van der Waals surface area contributed by atoms with Gasteiger partial charge in [-0.3, -0.25) is 0 Å². The number of benzene rings is 1. The van der Waals surface area contributed by atoms with Crippen molar-refractivity contribution in [2.24, 2.45) is 0 Å². The molecule has 0 amide bonds. The summed E-state index contributed by atoms with van der Waals surface area (Å²) in [6.07, 6.45) is 0.640. The first-order valence-electron chi connectivity index (χ1n) is 7.36. The Bertz CT molecular complexity index is 444. The van der Waals surface area contributed by atoms with Gasteiger partial charge >= 0.3 is 5.97 Å². The molecule has 1 unspecified atom stereocenters. The topological polar surface area (TPSA) is 65.0 Å². The number of hydrogen-bond donors (Lipinski definition) is 1. The van der Waals surface area contributed by atoms with Crippen LogP contribution in [-0.2, 0) is 16.1 Å². The van der Waals surface area contributed by atoms with Gasteiger partial charge in [0, 0.05) is 5.56 Å². The molecule has 0 saturated heterocycles. The van der Waals surface area contributed by atoms with E-state index in [2.05, 4.69) is 0 Å². The maximum absolute atomic E-state index is 12.0. The van der Waals surface area contributed by atoms with Crippen molar-refractivity contribution in [3.8, 4) is 11.5 Å². The smallest absolute Gasteiger partial charge is 0.347 e. The molecule has 0 heterocycles. The molecule has 1 aromatic rings. The number of rotatable bonds is 9. The van der Waals surface area contributed by atoms with Crippen LogP contribution in [0.15, 0.2) is 18.2 Å². The second-order valence-corrected chi connectivity index (χ2v) is 4.48. The van der Waals surface area contributed by atoms with Crippen molar-refractivity contribution in [1.82, 2.24) is 0 Å². The molecule has 0 saturated carbocycles. The fraction of sp³-hybridized carbons (Fsp3) is 0.562. The average molecular weight is 296 g/mol. The lowest BCUT2D eigenvalue weighted by Crippen LogP contribution is -2.30. The standard InChI is InChI=1S/C16H24O5/c1-4-8-14(16(18)20-6-3)21-15-12(11-17)9-7-10-13(15)19-5-2/h7,9-10,14,17H,4-6,8,11H2,1-3H3. The van der Waals surface area contributed by atoms with E-state index in [9.17, 15) is 9.90 Å². The van der Waals surface area contributed by atoms with Gasteiger partial charge in [-0.05, 0) is 26.3 Å². The Morgan fingerprint density at radius 2 is 2.00 bits per heavy atom. The van der Waals surface area contributed by atoms with Gasteiger partial charge in [0.1, 0.15) is 0 Å². The van der Waals surface area contributed by atoms with Crippen molar-refractivity contribution in [2.75, 3.05) is 13.2 Å². The number of carbonyl (C=O) groups is 1. The van der Waals surface area contributed by atoms with Crippen LogP contribution in [0.25, 0.3) is 0 Å². The van der Waals surface area contributed by atoms with E-state index in [1.54, 1.807) is 25.1 Å². The van der Waals surface area contributed by atoms with E-state index in [0.717, 1.165) is 6.42 Å². The van der Waals surface area contributed by atoms with Crippen LogP contribution in [0, 0.1) is 0 Å². The van der Waals surface area contributed by atoms with Crippen molar-refractivity contribution in [2.45, 2.75) is 46.3 Å². The Hall–Kier alpha value is -1.75. The maximum atomic E-state index is 12.0. The predicted octanol–water partition coefficient (Wildman–Crippen LogP) is 2.69. The van der Waals surface area contributed by atoms with Crippen LogP contribution in [0.2, 0.25) is 0 Å². The molecule has 1 rings (SSSR count). The predicted molar refractivity (Wildman–Crippen MR) is 79.5 cm³/mol. The molecule has 5 heteroatoms. The molecule has 0 radical (unpaired) electrons. The largest absolute Gasteiger partial charge is 0.490 e. The number of hydrogen-bond acceptors (Lipinski definition) is 5. The molecule has 21 heavy (non-hydrogen) atoms. The van der Waals surface area contributed by atoms with E-state index in [4.69, 9.17) is 14.2 Å². The van der Waals surface area contributed by atoms with Crippen LogP contribution in [0.4, 0.5) is 0 Å². The van der Waals surface area contributed by atoms with Gasteiger partial charge in [-0.15, -0.1) is 0 Å². The lowest BCUT2D eigenvalue weighted by Gasteiger charge is -2.21. The minimum absolute atomic E-state index is 0.183. The third-order valence-corrected chi connectivity index (χ3v) is 2.89. The zero-order valence-corrected chi connectivity index (χ0v) is 12.9. The van der Waals surface area contributed by atoms with E-state index >= 15 is 0 Å². The molecule has 1 atom stereocenters. The maximum Gasteiger partial charge on any atom is 0.347 e. The summed E-state index contributed by atoms with van der Waals surface area (Å²) in [6, 6.07) is 5.28. The normalized spacial score (nSPS) is 11.8. The number of aliphatic hydroxyl groups excluding tert-OH is 1. The summed E-state index contributed by atoms with van der Waals surface area (Å²) in [5.41, 5.74) is 0.589.